The third-order valence-electron chi connectivity index (χ3n) is 5.81. The summed E-state index contributed by atoms with van der Waals surface area (Å²) in [6, 6.07) is 24.7. The van der Waals surface area contributed by atoms with E-state index in [2.05, 4.69) is 10.9 Å². The summed E-state index contributed by atoms with van der Waals surface area (Å²) in [4.78, 5) is 18.1. The Hall–Kier alpha value is -3.65. The van der Waals surface area contributed by atoms with E-state index in [1.165, 1.54) is 0 Å². The number of carbonyl (C=O) groups is 1. The van der Waals surface area contributed by atoms with Crippen LogP contribution in [-0.2, 0) is 16.1 Å². The molecule has 3 aromatic rings. The van der Waals surface area contributed by atoms with Crippen LogP contribution in [0.15, 0.2) is 89.9 Å². The lowest BCUT2D eigenvalue weighted by Gasteiger charge is -2.22. The van der Waals surface area contributed by atoms with Crippen molar-refractivity contribution in [2.75, 3.05) is 19.8 Å². The van der Waals surface area contributed by atoms with Crippen LogP contribution in [0, 0.1) is 0 Å². The fourth-order valence-electron chi connectivity index (χ4n) is 3.80. The standard InChI is InChI=1S/C29H30ClN3O4/c30-25-11-4-9-23(19-25)20-31-33-28(35)29(16-5-10-22-7-2-1-3-8-22)21-37-27(32-29)24-12-14-26(15-13-24)36-18-6-17-34/h1-5,7-15,19,31,34H,6,16-18,20-21H2,(H,33,35)/b10-5+/t29-/m0/s1. The lowest BCUT2D eigenvalue weighted by atomic mass is 9.95. The monoisotopic (exact) mass is 519 g/mol. The maximum absolute atomic E-state index is 13.4. The Balaban J connectivity index is 1.48. The molecule has 3 aromatic carbocycles. The van der Waals surface area contributed by atoms with Gasteiger partial charge in [0.15, 0.2) is 5.54 Å². The number of hydrogen-bond donors (Lipinski definition) is 3. The average molecular weight is 520 g/mol. The van der Waals surface area contributed by atoms with Gasteiger partial charge in [-0.1, -0.05) is 66.2 Å². The van der Waals surface area contributed by atoms with E-state index >= 15 is 0 Å². The first-order valence-electron chi connectivity index (χ1n) is 12.1. The largest absolute Gasteiger partial charge is 0.494 e. The van der Waals surface area contributed by atoms with Gasteiger partial charge >= 0.3 is 0 Å². The second kappa shape index (κ2) is 13.1. The highest BCUT2D eigenvalue weighted by atomic mass is 35.5. The van der Waals surface area contributed by atoms with Gasteiger partial charge in [0.05, 0.1) is 6.61 Å². The third-order valence-corrected chi connectivity index (χ3v) is 6.04. The lowest BCUT2D eigenvalue weighted by Crippen LogP contribution is -2.51. The zero-order valence-corrected chi connectivity index (χ0v) is 21.2. The Morgan fingerprint density at radius 2 is 1.92 bits per heavy atom. The summed E-state index contributed by atoms with van der Waals surface area (Å²) in [5.41, 5.74) is 7.39. The molecule has 1 atom stereocenters. The third kappa shape index (κ3) is 7.43. The van der Waals surface area contributed by atoms with Crippen LogP contribution in [0.25, 0.3) is 6.08 Å². The van der Waals surface area contributed by atoms with Crippen LogP contribution in [0.5, 0.6) is 5.75 Å². The van der Waals surface area contributed by atoms with Gasteiger partial charge in [0.2, 0.25) is 5.90 Å². The highest BCUT2D eigenvalue weighted by Gasteiger charge is 2.43. The molecule has 8 heteroatoms. The molecule has 1 aliphatic heterocycles. The quantitative estimate of drug-likeness (QED) is 0.241. The van der Waals surface area contributed by atoms with Crippen molar-refractivity contribution in [2.45, 2.75) is 24.9 Å². The van der Waals surface area contributed by atoms with Crippen molar-refractivity contribution in [2.24, 2.45) is 4.99 Å². The molecule has 0 fully saturated rings. The first kappa shape index (κ1) is 26.4. The van der Waals surface area contributed by atoms with E-state index in [0.717, 1.165) is 16.7 Å². The number of ether oxygens (including phenoxy) is 2. The fourth-order valence-corrected chi connectivity index (χ4v) is 4.01. The Kier molecular flexibility index (Phi) is 9.32. The lowest BCUT2D eigenvalue weighted by molar-refractivity contribution is -0.127. The van der Waals surface area contributed by atoms with E-state index in [1.54, 1.807) is 6.07 Å². The van der Waals surface area contributed by atoms with E-state index in [1.807, 2.05) is 84.9 Å². The van der Waals surface area contributed by atoms with Gasteiger partial charge in [-0.2, -0.15) is 0 Å². The zero-order chi connectivity index (χ0) is 25.9. The van der Waals surface area contributed by atoms with Gasteiger partial charge in [0.1, 0.15) is 12.4 Å². The minimum absolute atomic E-state index is 0.0829. The molecule has 192 valence electrons. The number of rotatable bonds is 12. The molecule has 1 heterocycles. The second-order valence-corrected chi connectivity index (χ2v) is 9.08. The van der Waals surface area contributed by atoms with Crippen molar-refractivity contribution < 1.29 is 19.4 Å². The van der Waals surface area contributed by atoms with Crippen molar-refractivity contribution in [1.82, 2.24) is 10.9 Å². The molecule has 0 bridgehead atoms. The number of nitrogens with zero attached hydrogens (tertiary/aromatic N) is 1. The molecule has 0 saturated heterocycles. The van der Waals surface area contributed by atoms with E-state index < -0.39 is 5.54 Å². The first-order chi connectivity index (χ1) is 18.1. The Morgan fingerprint density at radius 1 is 1.11 bits per heavy atom. The van der Waals surface area contributed by atoms with Crippen LogP contribution in [0.2, 0.25) is 5.02 Å². The van der Waals surface area contributed by atoms with Gasteiger partial charge in [-0.25, -0.2) is 10.4 Å². The van der Waals surface area contributed by atoms with Crippen molar-refractivity contribution in [3.05, 3.63) is 107 Å². The van der Waals surface area contributed by atoms with Gasteiger partial charge in [-0.15, -0.1) is 0 Å². The maximum atomic E-state index is 13.4. The number of aliphatic imine (C=N–C) groups is 1. The molecule has 37 heavy (non-hydrogen) atoms. The topological polar surface area (TPSA) is 92.2 Å². The van der Waals surface area contributed by atoms with Gasteiger partial charge in [0.25, 0.3) is 5.91 Å². The molecule has 0 aliphatic carbocycles. The minimum atomic E-state index is -1.13. The smallest absolute Gasteiger partial charge is 0.266 e. The highest BCUT2D eigenvalue weighted by Crippen LogP contribution is 2.27. The fraction of sp³-hybridized carbons (Fsp3) is 0.241. The highest BCUT2D eigenvalue weighted by molar-refractivity contribution is 6.30. The minimum Gasteiger partial charge on any atom is -0.494 e. The number of benzene rings is 3. The molecule has 7 nitrogen and oxygen atoms in total. The van der Waals surface area contributed by atoms with Crippen LogP contribution < -0.4 is 15.6 Å². The predicted octanol–water partition coefficient (Wildman–Crippen LogP) is 4.54. The SMILES string of the molecule is O=C(NNCc1cccc(Cl)c1)[C@]1(C/C=C/c2ccccc2)COC(c2ccc(OCCCO)cc2)=N1. The summed E-state index contributed by atoms with van der Waals surface area (Å²) in [5.74, 6) is 0.807. The van der Waals surface area contributed by atoms with E-state index in [-0.39, 0.29) is 19.1 Å². The van der Waals surface area contributed by atoms with Gasteiger partial charge < -0.3 is 14.6 Å². The van der Waals surface area contributed by atoms with Crippen LogP contribution in [-0.4, -0.2) is 42.3 Å². The average Bonchev–Trinajstić information content (AvgIpc) is 3.35. The Bertz CT molecular complexity index is 1230. The number of aliphatic hydroxyl groups is 1. The van der Waals surface area contributed by atoms with Gasteiger partial charge in [-0.3, -0.25) is 10.2 Å². The number of hydrazine groups is 1. The Morgan fingerprint density at radius 3 is 2.68 bits per heavy atom. The molecule has 1 amide bonds. The molecule has 0 radical (unpaired) electrons. The zero-order valence-electron chi connectivity index (χ0n) is 20.4. The number of halogens is 1. The number of aliphatic hydroxyl groups excluding tert-OH is 1. The first-order valence-corrected chi connectivity index (χ1v) is 12.5. The molecule has 0 spiro atoms. The van der Waals surface area contributed by atoms with E-state index in [4.69, 9.17) is 31.2 Å². The molecule has 0 aromatic heterocycles. The Labute approximate surface area is 221 Å². The number of amides is 1. The summed E-state index contributed by atoms with van der Waals surface area (Å²) in [6.07, 6.45) is 4.84. The molecule has 0 saturated carbocycles. The summed E-state index contributed by atoms with van der Waals surface area (Å²) >= 11 is 6.06. The summed E-state index contributed by atoms with van der Waals surface area (Å²) in [5, 5.41) is 9.55. The summed E-state index contributed by atoms with van der Waals surface area (Å²) in [7, 11) is 0. The molecular formula is C29H30ClN3O4. The van der Waals surface area contributed by atoms with Crippen molar-refractivity contribution in [1.29, 1.82) is 0 Å². The number of nitrogens with one attached hydrogen (secondary N) is 2. The maximum Gasteiger partial charge on any atom is 0.266 e. The summed E-state index contributed by atoms with van der Waals surface area (Å²) in [6.45, 7) is 1.05. The van der Waals surface area contributed by atoms with Crippen molar-refractivity contribution >= 4 is 29.5 Å². The number of carbonyl (C=O) groups excluding carboxylic acids is 1. The van der Waals surface area contributed by atoms with E-state index in [0.29, 0.717) is 42.7 Å². The number of hydrogen-bond acceptors (Lipinski definition) is 6. The van der Waals surface area contributed by atoms with Crippen LogP contribution >= 0.6 is 11.6 Å². The van der Waals surface area contributed by atoms with Gasteiger partial charge in [0, 0.05) is 36.6 Å². The van der Waals surface area contributed by atoms with Crippen molar-refractivity contribution in [3.8, 4) is 5.75 Å². The molecule has 0 unspecified atom stereocenters. The molecule has 4 rings (SSSR count). The molecule has 3 N–H and O–H groups in total. The van der Waals surface area contributed by atoms with Crippen LogP contribution in [0.1, 0.15) is 29.5 Å². The van der Waals surface area contributed by atoms with Crippen molar-refractivity contribution in [3.63, 3.8) is 0 Å². The van der Waals surface area contributed by atoms with E-state index in [9.17, 15) is 4.79 Å². The van der Waals surface area contributed by atoms with Crippen LogP contribution in [0.3, 0.4) is 0 Å². The van der Waals surface area contributed by atoms with Crippen LogP contribution in [0.4, 0.5) is 0 Å². The molecule has 1 aliphatic rings. The van der Waals surface area contributed by atoms with Gasteiger partial charge in [-0.05, 0) is 47.5 Å². The summed E-state index contributed by atoms with van der Waals surface area (Å²) < 4.78 is 11.5. The normalized spacial score (nSPS) is 16.9. The second-order valence-electron chi connectivity index (χ2n) is 8.64. The molecular weight excluding hydrogens is 490 g/mol. The predicted molar refractivity (Wildman–Crippen MR) is 145 cm³/mol.